The van der Waals surface area contributed by atoms with Gasteiger partial charge in [0.15, 0.2) is 6.54 Å². The van der Waals surface area contributed by atoms with Gasteiger partial charge in [-0.05, 0) is 24.3 Å². The van der Waals surface area contributed by atoms with E-state index in [1.54, 1.807) is 48.5 Å². The van der Waals surface area contributed by atoms with Crippen LogP contribution in [0.1, 0.15) is 0 Å². The molecular weight excluding hydrogens is 358 g/mol. The van der Waals surface area contributed by atoms with Crippen LogP contribution in [0.2, 0.25) is 0 Å². The number of benzene rings is 2. The van der Waals surface area contributed by atoms with Crippen molar-refractivity contribution in [3.8, 4) is 11.5 Å². The van der Waals surface area contributed by atoms with Crippen molar-refractivity contribution in [1.82, 2.24) is 0 Å². The van der Waals surface area contributed by atoms with Crippen molar-refractivity contribution in [2.45, 2.75) is 0 Å². The van der Waals surface area contributed by atoms with Gasteiger partial charge in [-0.2, -0.15) is 0 Å². The predicted molar refractivity (Wildman–Crippen MR) is 92.3 cm³/mol. The van der Waals surface area contributed by atoms with Gasteiger partial charge < -0.3 is 31.1 Å². The Bertz CT molecular complexity index is 692. The molecule has 0 radical (unpaired) electrons. The number of hydrogen-bond donors (Lipinski definition) is 0. The number of nitrogens with zero attached hydrogens (tertiary/aromatic N) is 1. The predicted octanol–water partition coefficient (Wildman–Crippen LogP) is -0.112. The molecular formula is C19H22ClNO5. The normalized spacial score (nSPS) is 10.4. The molecule has 0 saturated heterocycles. The highest BCUT2D eigenvalue weighted by Crippen LogP contribution is 2.10. The molecule has 2 rings (SSSR count). The first-order valence-corrected chi connectivity index (χ1v) is 7.92. The quantitative estimate of drug-likeness (QED) is 0.291. The molecule has 0 aliphatic rings. The van der Waals surface area contributed by atoms with Crippen LogP contribution in [0.15, 0.2) is 60.7 Å². The third-order valence-corrected chi connectivity index (χ3v) is 3.39. The molecule has 140 valence electrons. The van der Waals surface area contributed by atoms with Crippen LogP contribution in [0.5, 0.6) is 11.5 Å². The number of halogens is 1. The van der Waals surface area contributed by atoms with Crippen LogP contribution in [0.4, 0.5) is 4.79 Å². The summed E-state index contributed by atoms with van der Waals surface area (Å²) in [4.78, 5) is 23.6. The van der Waals surface area contributed by atoms with Gasteiger partial charge in [0.2, 0.25) is 0 Å². The fourth-order valence-corrected chi connectivity index (χ4v) is 2.07. The summed E-state index contributed by atoms with van der Waals surface area (Å²) in [6.07, 6.45) is -0.766. The second-order valence-corrected chi connectivity index (χ2v) is 6.12. The maximum atomic E-state index is 12.0. The van der Waals surface area contributed by atoms with Crippen molar-refractivity contribution < 1.29 is 40.7 Å². The third-order valence-electron chi connectivity index (χ3n) is 3.39. The SMILES string of the molecule is C[N+](C)(CCOC(=O)Oc1ccccc1)CC(=O)Oc1ccccc1.[Cl-]. The average molecular weight is 380 g/mol. The second kappa shape index (κ2) is 10.4. The van der Waals surface area contributed by atoms with Gasteiger partial charge in [-0.25, -0.2) is 9.59 Å². The molecule has 0 atom stereocenters. The first-order valence-electron chi connectivity index (χ1n) is 7.92. The molecule has 0 bridgehead atoms. The molecule has 0 N–H and O–H groups in total. The average Bonchev–Trinajstić information content (AvgIpc) is 2.55. The topological polar surface area (TPSA) is 61.8 Å². The molecule has 0 saturated carbocycles. The Kier molecular flexibility index (Phi) is 8.61. The van der Waals surface area contributed by atoms with Gasteiger partial charge in [-0.1, -0.05) is 36.4 Å². The number of quaternary nitrogens is 1. The highest BCUT2D eigenvalue weighted by molar-refractivity contribution is 5.73. The summed E-state index contributed by atoms with van der Waals surface area (Å²) in [5, 5.41) is 0. The van der Waals surface area contributed by atoms with E-state index in [9.17, 15) is 9.59 Å². The first kappa shape index (κ1) is 21.5. The van der Waals surface area contributed by atoms with E-state index >= 15 is 0 Å². The lowest BCUT2D eigenvalue weighted by molar-refractivity contribution is -0.883. The molecule has 2 aromatic rings. The minimum Gasteiger partial charge on any atom is -1.00 e. The van der Waals surface area contributed by atoms with Crippen LogP contribution in [0.25, 0.3) is 0 Å². The van der Waals surface area contributed by atoms with Crippen LogP contribution < -0.4 is 21.9 Å². The lowest BCUT2D eigenvalue weighted by Gasteiger charge is -2.28. The molecule has 0 aromatic heterocycles. The summed E-state index contributed by atoms with van der Waals surface area (Å²) >= 11 is 0. The number of likely N-dealkylation sites (N-methyl/N-ethyl adjacent to an activating group) is 1. The molecule has 0 spiro atoms. The summed E-state index contributed by atoms with van der Waals surface area (Å²) in [5.41, 5.74) is 0. The van der Waals surface area contributed by atoms with Crippen LogP contribution in [-0.2, 0) is 9.53 Å². The van der Waals surface area contributed by atoms with Crippen molar-refractivity contribution in [3.05, 3.63) is 60.7 Å². The Morgan fingerprint density at radius 2 is 1.35 bits per heavy atom. The summed E-state index contributed by atoms with van der Waals surface area (Å²) in [5.74, 6) is 0.589. The van der Waals surface area contributed by atoms with Gasteiger partial charge in [-0.15, -0.1) is 0 Å². The maximum absolute atomic E-state index is 12.0. The van der Waals surface area contributed by atoms with Crippen LogP contribution in [0.3, 0.4) is 0 Å². The molecule has 7 heteroatoms. The van der Waals surface area contributed by atoms with Gasteiger partial charge in [0.1, 0.15) is 24.7 Å². The van der Waals surface area contributed by atoms with E-state index in [1.807, 2.05) is 26.2 Å². The number of rotatable bonds is 7. The summed E-state index contributed by atoms with van der Waals surface area (Å²) < 4.78 is 15.7. The van der Waals surface area contributed by atoms with Crippen LogP contribution in [0, 0.1) is 0 Å². The van der Waals surface area contributed by atoms with Crippen LogP contribution in [-0.4, -0.2) is 50.4 Å². The fourth-order valence-electron chi connectivity index (χ4n) is 2.07. The van der Waals surface area contributed by atoms with Gasteiger partial charge in [-0.3, -0.25) is 0 Å². The highest BCUT2D eigenvalue weighted by atomic mass is 35.5. The Hall–Kier alpha value is -2.57. The summed E-state index contributed by atoms with van der Waals surface area (Å²) in [6.45, 7) is 0.747. The molecule has 0 unspecified atom stereocenters. The lowest BCUT2D eigenvalue weighted by atomic mass is 10.3. The number of hydrogen-bond acceptors (Lipinski definition) is 5. The molecule has 6 nitrogen and oxygen atoms in total. The van der Waals surface area contributed by atoms with Crippen molar-refractivity contribution in [1.29, 1.82) is 0 Å². The van der Waals surface area contributed by atoms with Crippen molar-refractivity contribution in [2.24, 2.45) is 0 Å². The van der Waals surface area contributed by atoms with E-state index in [0.717, 1.165) is 0 Å². The summed E-state index contributed by atoms with van der Waals surface area (Å²) in [7, 11) is 3.72. The largest absolute Gasteiger partial charge is 1.00 e. The molecule has 26 heavy (non-hydrogen) atoms. The Morgan fingerprint density at radius 1 is 0.846 bits per heavy atom. The van der Waals surface area contributed by atoms with Gasteiger partial charge >= 0.3 is 12.1 Å². The minimum absolute atomic E-state index is 0. The molecule has 0 aliphatic heterocycles. The molecule has 0 fully saturated rings. The van der Waals surface area contributed by atoms with Crippen molar-refractivity contribution in [2.75, 3.05) is 33.8 Å². The fraction of sp³-hybridized carbons (Fsp3) is 0.263. The van der Waals surface area contributed by atoms with Gasteiger partial charge in [0.05, 0.1) is 14.1 Å². The molecule has 0 heterocycles. The van der Waals surface area contributed by atoms with E-state index in [1.165, 1.54) is 0 Å². The van der Waals surface area contributed by atoms with Crippen LogP contribution >= 0.6 is 0 Å². The number of carbonyl (C=O) groups is 2. The number of carbonyl (C=O) groups excluding carboxylic acids is 2. The van der Waals surface area contributed by atoms with Gasteiger partial charge in [0, 0.05) is 0 Å². The van der Waals surface area contributed by atoms with Crippen molar-refractivity contribution >= 4 is 12.1 Å². The van der Waals surface area contributed by atoms with E-state index in [4.69, 9.17) is 14.2 Å². The highest BCUT2D eigenvalue weighted by Gasteiger charge is 2.22. The van der Waals surface area contributed by atoms with Gasteiger partial charge in [0.25, 0.3) is 0 Å². The summed E-state index contributed by atoms with van der Waals surface area (Å²) in [6, 6.07) is 17.6. The zero-order chi connectivity index (χ0) is 18.1. The zero-order valence-corrected chi connectivity index (χ0v) is 15.5. The monoisotopic (exact) mass is 379 g/mol. The maximum Gasteiger partial charge on any atom is 0.514 e. The lowest BCUT2D eigenvalue weighted by Crippen LogP contribution is -3.00. The van der Waals surface area contributed by atoms with Crippen molar-refractivity contribution in [3.63, 3.8) is 0 Å². The number of para-hydroxylation sites is 2. The van der Waals surface area contributed by atoms with E-state index in [2.05, 4.69) is 0 Å². The van der Waals surface area contributed by atoms with E-state index in [-0.39, 0.29) is 31.5 Å². The second-order valence-electron chi connectivity index (χ2n) is 6.12. The van der Waals surface area contributed by atoms with E-state index < -0.39 is 6.16 Å². The Labute approximate surface area is 159 Å². The first-order chi connectivity index (χ1) is 11.9. The Morgan fingerprint density at radius 3 is 1.88 bits per heavy atom. The Balaban J connectivity index is 0.00000338. The number of ether oxygens (including phenoxy) is 3. The standard InChI is InChI=1S/C19H22NO5.ClH/c1-20(2,15-18(21)24-16-9-5-3-6-10-16)13-14-23-19(22)25-17-11-7-4-8-12-17;/h3-12H,13-15H2,1-2H3;1H/q+1;/p-1. The molecule has 0 aliphatic carbocycles. The zero-order valence-electron chi connectivity index (χ0n) is 14.8. The molecule has 0 amide bonds. The third kappa shape index (κ3) is 8.00. The minimum atomic E-state index is -0.766. The smallest absolute Gasteiger partial charge is 0.514 e. The number of esters is 1. The van der Waals surface area contributed by atoms with E-state index in [0.29, 0.717) is 22.5 Å². The molecule has 2 aromatic carbocycles.